The molecule has 0 fully saturated rings. The van der Waals surface area contributed by atoms with E-state index in [0.29, 0.717) is 31.7 Å². The Morgan fingerprint density at radius 2 is 2.29 bits per heavy atom. The van der Waals surface area contributed by atoms with Gasteiger partial charge in [0.05, 0.1) is 13.2 Å². The number of nitrogens with zero attached hydrogens (tertiary/aromatic N) is 1. The highest BCUT2D eigenvalue weighted by Gasteiger charge is 2.22. The Bertz CT molecular complexity index is 490. The van der Waals surface area contributed by atoms with Crippen LogP contribution in [0.2, 0.25) is 0 Å². The van der Waals surface area contributed by atoms with Crippen LogP contribution in [-0.2, 0) is 4.79 Å². The van der Waals surface area contributed by atoms with Crippen molar-refractivity contribution in [3.05, 3.63) is 30.5 Å². The first-order valence-corrected chi connectivity index (χ1v) is 6.36. The van der Waals surface area contributed by atoms with Crippen molar-refractivity contribution in [1.82, 2.24) is 4.98 Å². The number of carbonyl (C=O) groups is 1. The number of aromatic nitrogens is 1. The molecule has 1 heterocycles. The van der Waals surface area contributed by atoms with Gasteiger partial charge in [0.25, 0.3) is 0 Å². The van der Waals surface area contributed by atoms with Crippen LogP contribution in [0.25, 0.3) is 0 Å². The number of ether oxygens (including phenoxy) is 1. The van der Waals surface area contributed by atoms with E-state index in [9.17, 15) is 18.0 Å². The largest absolute Gasteiger partial charge is 0.478 e. The normalized spacial score (nSPS) is 11.6. The molecule has 0 atom stereocenters. The number of carbonyl (C=O) groups excluding carboxylic acids is 1. The fourth-order valence-electron chi connectivity index (χ4n) is 1.42. The Hall–Kier alpha value is -2.09. The maximum absolute atomic E-state index is 11.8. The first kappa shape index (κ1) is 17.0. The number of alkyl halides is 3. The summed E-state index contributed by atoms with van der Waals surface area (Å²) in [5.41, 5.74) is 0.764. The van der Waals surface area contributed by atoms with Crippen molar-refractivity contribution >= 4 is 11.6 Å². The lowest BCUT2D eigenvalue weighted by atomic mass is 10.4. The van der Waals surface area contributed by atoms with Gasteiger partial charge in [-0.25, -0.2) is 9.78 Å². The Morgan fingerprint density at radius 1 is 1.52 bits per heavy atom. The standard InChI is InChI=1S/C13H16F3N3O2/c1-2-21-12-9-10(4-6-19-12)17-7-8-18-11(20)3-5-13(14,15)16/h3-6,9H,2,7-8H2,1H3,(H,17,19)(H,18,20)/p+1. The molecule has 116 valence electrons. The molecule has 1 aromatic heterocycles. The summed E-state index contributed by atoms with van der Waals surface area (Å²) in [6, 6.07) is 3.43. The number of anilines is 1. The highest BCUT2D eigenvalue weighted by molar-refractivity contribution is 5.78. The third-order valence-corrected chi connectivity index (χ3v) is 2.28. The van der Waals surface area contributed by atoms with Gasteiger partial charge in [0.2, 0.25) is 5.88 Å². The van der Waals surface area contributed by atoms with Gasteiger partial charge >= 0.3 is 12.1 Å². The summed E-state index contributed by atoms with van der Waals surface area (Å²) in [5.74, 6) is -0.186. The third-order valence-electron chi connectivity index (χ3n) is 2.28. The fourth-order valence-corrected chi connectivity index (χ4v) is 1.42. The maximum atomic E-state index is 11.8. The van der Waals surface area contributed by atoms with Crippen LogP contribution < -0.4 is 15.4 Å². The van der Waals surface area contributed by atoms with Crippen LogP contribution in [0.1, 0.15) is 6.92 Å². The molecule has 0 saturated heterocycles. The van der Waals surface area contributed by atoms with Crippen molar-refractivity contribution in [3.8, 4) is 5.88 Å². The Morgan fingerprint density at radius 3 is 2.95 bits per heavy atom. The summed E-state index contributed by atoms with van der Waals surface area (Å²) in [7, 11) is 0. The lowest BCUT2D eigenvalue weighted by Crippen LogP contribution is -2.88. The van der Waals surface area contributed by atoms with Gasteiger partial charge in [0.1, 0.15) is 6.54 Å². The number of hydrogen-bond donors (Lipinski definition) is 2. The molecule has 0 aliphatic carbocycles. The number of primary amides is 1. The van der Waals surface area contributed by atoms with Crippen LogP contribution in [0.3, 0.4) is 0 Å². The molecule has 0 bridgehead atoms. The number of rotatable bonds is 7. The maximum Gasteiger partial charge on any atom is 0.410 e. The van der Waals surface area contributed by atoms with Crippen LogP contribution in [0.5, 0.6) is 5.88 Å². The van der Waals surface area contributed by atoms with Gasteiger partial charge in [-0.05, 0) is 13.0 Å². The highest BCUT2D eigenvalue weighted by atomic mass is 19.4. The number of halogens is 3. The lowest BCUT2D eigenvalue weighted by molar-refractivity contribution is -0.561. The van der Waals surface area contributed by atoms with Crippen molar-refractivity contribution in [2.24, 2.45) is 0 Å². The third kappa shape index (κ3) is 7.93. The van der Waals surface area contributed by atoms with E-state index in [1.165, 1.54) is 5.32 Å². The quantitative estimate of drug-likeness (QED) is 0.585. The van der Waals surface area contributed by atoms with Gasteiger partial charge < -0.3 is 10.1 Å². The molecule has 8 heteroatoms. The molecule has 0 aromatic carbocycles. The predicted molar refractivity (Wildman–Crippen MR) is 70.9 cm³/mol. The van der Waals surface area contributed by atoms with Crippen molar-refractivity contribution in [2.75, 3.05) is 25.0 Å². The first-order chi connectivity index (χ1) is 9.90. The zero-order valence-electron chi connectivity index (χ0n) is 11.5. The number of nitrogens with one attached hydrogen (secondary N) is 1. The highest BCUT2D eigenvalue weighted by Crippen LogP contribution is 2.15. The smallest absolute Gasteiger partial charge is 0.410 e. The minimum absolute atomic E-state index is 0.0729. The zero-order chi connectivity index (χ0) is 15.7. The Balaban J connectivity index is 2.29. The summed E-state index contributed by atoms with van der Waals surface area (Å²) < 4.78 is 40.8. The van der Waals surface area contributed by atoms with Crippen LogP contribution in [-0.4, -0.2) is 36.8 Å². The molecule has 3 N–H and O–H groups in total. The molecular formula is C13H17F3N3O2+. The van der Waals surface area contributed by atoms with Crippen LogP contribution in [0.15, 0.2) is 30.5 Å². The van der Waals surface area contributed by atoms with E-state index in [2.05, 4.69) is 10.3 Å². The first-order valence-electron chi connectivity index (χ1n) is 6.36. The predicted octanol–water partition coefficient (Wildman–Crippen LogP) is 1.10. The SMILES string of the molecule is CCOc1cc(NCC[NH2+]C(=O)C=CC(F)(F)F)ccn1. The molecule has 0 saturated carbocycles. The number of quaternary nitrogens is 1. The molecule has 21 heavy (non-hydrogen) atoms. The summed E-state index contributed by atoms with van der Waals surface area (Å²) >= 11 is 0. The fraction of sp³-hybridized carbons (Fsp3) is 0.385. The average Bonchev–Trinajstić information content (AvgIpc) is 2.41. The second-order valence-electron chi connectivity index (χ2n) is 4.01. The summed E-state index contributed by atoms with van der Waals surface area (Å²) in [4.78, 5) is 15.1. The topological polar surface area (TPSA) is 67.8 Å². The van der Waals surface area contributed by atoms with E-state index in [0.717, 1.165) is 5.69 Å². The van der Waals surface area contributed by atoms with Crippen molar-refractivity contribution in [3.63, 3.8) is 0 Å². The molecule has 0 radical (unpaired) electrons. The monoisotopic (exact) mass is 304 g/mol. The summed E-state index contributed by atoms with van der Waals surface area (Å²) in [6.07, 6.45) is -2.45. The molecular weight excluding hydrogens is 287 g/mol. The van der Waals surface area contributed by atoms with E-state index in [-0.39, 0.29) is 6.08 Å². The Labute approximate surface area is 120 Å². The minimum Gasteiger partial charge on any atom is -0.478 e. The van der Waals surface area contributed by atoms with Gasteiger partial charge in [-0.15, -0.1) is 0 Å². The van der Waals surface area contributed by atoms with Gasteiger partial charge in [0, 0.05) is 30.1 Å². The number of amides is 1. The van der Waals surface area contributed by atoms with E-state index >= 15 is 0 Å². The van der Waals surface area contributed by atoms with Crippen molar-refractivity contribution in [2.45, 2.75) is 13.1 Å². The second-order valence-corrected chi connectivity index (χ2v) is 4.01. The second kappa shape index (κ2) is 8.25. The lowest BCUT2D eigenvalue weighted by Gasteiger charge is -2.06. The molecule has 0 spiro atoms. The molecule has 0 aliphatic heterocycles. The number of pyridine rings is 1. The van der Waals surface area contributed by atoms with Crippen LogP contribution in [0.4, 0.5) is 18.9 Å². The van der Waals surface area contributed by atoms with Crippen LogP contribution in [0, 0.1) is 0 Å². The van der Waals surface area contributed by atoms with E-state index in [1.807, 2.05) is 6.92 Å². The molecule has 1 aromatic rings. The van der Waals surface area contributed by atoms with Crippen molar-refractivity contribution in [1.29, 1.82) is 0 Å². The van der Waals surface area contributed by atoms with Gasteiger partial charge in [-0.3, -0.25) is 5.32 Å². The van der Waals surface area contributed by atoms with Crippen LogP contribution >= 0.6 is 0 Å². The average molecular weight is 304 g/mol. The summed E-state index contributed by atoms with van der Waals surface area (Å²) in [6.45, 7) is 3.08. The van der Waals surface area contributed by atoms with E-state index in [1.54, 1.807) is 18.3 Å². The molecule has 1 rings (SSSR count). The Kier molecular flexibility index (Phi) is 6.67. The molecule has 0 unspecified atom stereocenters. The summed E-state index contributed by atoms with van der Waals surface area (Å²) in [5, 5.41) is 4.22. The van der Waals surface area contributed by atoms with Gasteiger partial charge in [0.15, 0.2) is 0 Å². The van der Waals surface area contributed by atoms with Gasteiger partial charge in [-0.1, -0.05) is 0 Å². The molecule has 0 aliphatic rings. The zero-order valence-corrected chi connectivity index (χ0v) is 11.5. The molecule has 1 amide bonds. The number of nitrogens with two attached hydrogens (primary N) is 1. The van der Waals surface area contributed by atoms with Crippen molar-refractivity contribution < 1.29 is 28.0 Å². The molecule has 5 nitrogen and oxygen atoms in total. The number of allylic oxidation sites excluding steroid dienone is 1. The van der Waals surface area contributed by atoms with Gasteiger partial charge in [-0.2, -0.15) is 13.2 Å². The van der Waals surface area contributed by atoms with E-state index in [4.69, 9.17) is 4.74 Å². The van der Waals surface area contributed by atoms with E-state index < -0.39 is 12.1 Å². The number of hydrogen-bond acceptors (Lipinski definition) is 4. The minimum atomic E-state index is -4.46.